The normalized spacial score (nSPS) is 18.7. The monoisotopic (exact) mass is 300 g/mol. The molecule has 4 rings (SSSR count). The molecule has 0 radical (unpaired) electrons. The van der Waals surface area contributed by atoms with Crippen LogP contribution in [0.15, 0.2) is 6.33 Å². The minimum absolute atomic E-state index is 0.942. The number of rotatable bonds is 5. The first-order chi connectivity index (χ1) is 10.9. The van der Waals surface area contributed by atoms with E-state index in [9.17, 15) is 0 Å². The number of likely N-dealkylation sites (tertiary alicyclic amines) is 1. The van der Waals surface area contributed by atoms with Crippen molar-refractivity contribution < 1.29 is 0 Å². The zero-order valence-electron chi connectivity index (χ0n) is 13.1. The number of anilines is 1. The lowest BCUT2D eigenvalue weighted by molar-refractivity contribution is 0.337. The summed E-state index contributed by atoms with van der Waals surface area (Å²) in [6.45, 7) is 4.74. The largest absolute Gasteiger partial charge is 0.368 e. The van der Waals surface area contributed by atoms with E-state index in [0.29, 0.717) is 0 Å². The molecule has 1 fully saturated rings. The summed E-state index contributed by atoms with van der Waals surface area (Å²) in [7, 11) is 0. The van der Waals surface area contributed by atoms with E-state index < -0.39 is 0 Å². The third kappa shape index (κ3) is 2.67. The molecule has 0 aromatic carbocycles. The van der Waals surface area contributed by atoms with E-state index in [1.807, 2.05) is 4.52 Å². The van der Waals surface area contributed by atoms with Crippen molar-refractivity contribution in [2.24, 2.45) is 0 Å². The van der Waals surface area contributed by atoms with Gasteiger partial charge in [0.15, 0.2) is 11.5 Å². The molecule has 0 unspecified atom stereocenters. The molecular weight excluding hydrogens is 276 g/mol. The molecule has 2 aliphatic rings. The van der Waals surface area contributed by atoms with Gasteiger partial charge < -0.3 is 10.2 Å². The van der Waals surface area contributed by atoms with Gasteiger partial charge in [0.25, 0.3) is 0 Å². The number of aromatic nitrogens is 4. The molecule has 0 amide bonds. The van der Waals surface area contributed by atoms with Crippen LogP contribution < -0.4 is 5.32 Å². The van der Waals surface area contributed by atoms with Crippen LogP contribution in [-0.2, 0) is 12.8 Å². The van der Waals surface area contributed by atoms with Crippen LogP contribution in [0, 0.1) is 0 Å². The maximum Gasteiger partial charge on any atom is 0.181 e. The van der Waals surface area contributed by atoms with Crippen LogP contribution in [0.5, 0.6) is 0 Å². The van der Waals surface area contributed by atoms with E-state index >= 15 is 0 Å². The second kappa shape index (κ2) is 6.20. The van der Waals surface area contributed by atoms with Crippen molar-refractivity contribution in [1.82, 2.24) is 24.7 Å². The highest BCUT2D eigenvalue weighted by Gasteiger charge is 2.19. The Morgan fingerprint density at radius 1 is 1.05 bits per heavy atom. The van der Waals surface area contributed by atoms with E-state index in [0.717, 1.165) is 30.9 Å². The van der Waals surface area contributed by atoms with Gasteiger partial charge in [-0.1, -0.05) is 0 Å². The molecule has 6 nitrogen and oxygen atoms in total. The molecule has 3 heterocycles. The highest BCUT2D eigenvalue weighted by atomic mass is 15.4. The summed E-state index contributed by atoms with van der Waals surface area (Å²) in [5, 5.41) is 16.5. The molecule has 1 aliphatic heterocycles. The molecule has 1 N–H and O–H groups in total. The molecule has 2 aromatic rings. The molecule has 0 spiro atoms. The first kappa shape index (κ1) is 13.9. The van der Waals surface area contributed by atoms with E-state index in [4.69, 9.17) is 0 Å². The Labute approximate surface area is 130 Å². The van der Waals surface area contributed by atoms with Gasteiger partial charge in [0.05, 0.1) is 0 Å². The van der Waals surface area contributed by atoms with Crippen LogP contribution in [0.2, 0.25) is 0 Å². The first-order valence-electron chi connectivity index (χ1n) is 8.60. The maximum atomic E-state index is 4.68. The van der Waals surface area contributed by atoms with E-state index in [1.165, 1.54) is 62.9 Å². The Morgan fingerprint density at radius 2 is 1.86 bits per heavy atom. The van der Waals surface area contributed by atoms with Crippen molar-refractivity contribution in [2.45, 2.75) is 44.9 Å². The van der Waals surface area contributed by atoms with Crippen LogP contribution in [0.4, 0.5) is 5.82 Å². The second-order valence-corrected chi connectivity index (χ2v) is 6.44. The number of hydrogen-bond acceptors (Lipinski definition) is 5. The van der Waals surface area contributed by atoms with Crippen LogP contribution in [0.3, 0.4) is 0 Å². The van der Waals surface area contributed by atoms with Gasteiger partial charge in [0.1, 0.15) is 6.33 Å². The number of hydrogen-bond donors (Lipinski definition) is 1. The zero-order chi connectivity index (χ0) is 14.8. The fourth-order valence-corrected chi connectivity index (χ4v) is 3.74. The molecule has 0 bridgehead atoms. The SMILES string of the molecule is c1nnc2c3c(c(NCCCN4CCCC4)nn12)CCCC3. The number of nitrogens with one attached hydrogen (secondary N) is 1. The zero-order valence-corrected chi connectivity index (χ0v) is 13.1. The van der Waals surface area contributed by atoms with Gasteiger partial charge in [-0.15, -0.1) is 15.3 Å². The summed E-state index contributed by atoms with van der Waals surface area (Å²) in [6.07, 6.45) is 10.3. The lowest BCUT2D eigenvalue weighted by atomic mass is 9.93. The van der Waals surface area contributed by atoms with Gasteiger partial charge in [0, 0.05) is 17.7 Å². The molecule has 1 aliphatic carbocycles. The Hall–Kier alpha value is -1.69. The smallest absolute Gasteiger partial charge is 0.181 e. The van der Waals surface area contributed by atoms with Crippen LogP contribution in [-0.4, -0.2) is 50.9 Å². The third-order valence-electron chi connectivity index (χ3n) is 4.90. The van der Waals surface area contributed by atoms with Crippen LogP contribution in [0.1, 0.15) is 43.2 Å². The highest BCUT2D eigenvalue weighted by molar-refractivity contribution is 5.59. The lowest BCUT2D eigenvalue weighted by Crippen LogP contribution is -2.23. The van der Waals surface area contributed by atoms with Crippen LogP contribution >= 0.6 is 0 Å². The average Bonchev–Trinajstić information content (AvgIpc) is 3.22. The topological polar surface area (TPSA) is 58.4 Å². The number of aryl methyl sites for hydroxylation is 1. The quantitative estimate of drug-likeness (QED) is 0.855. The van der Waals surface area contributed by atoms with Gasteiger partial charge in [-0.05, 0) is 64.6 Å². The summed E-state index contributed by atoms with van der Waals surface area (Å²) in [5.41, 5.74) is 3.66. The van der Waals surface area contributed by atoms with Gasteiger partial charge >= 0.3 is 0 Å². The molecule has 118 valence electrons. The summed E-state index contributed by atoms with van der Waals surface area (Å²) >= 11 is 0. The Balaban J connectivity index is 1.46. The third-order valence-corrected chi connectivity index (χ3v) is 4.90. The van der Waals surface area contributed by atoms with E-state index in [1.54, 1.807) is 6.33 Å². The highest BCUT2D eigenvalue weighted by Crippen LogP contribution is 2.28. The van der Waals surface area contributed by atoms with Gasteiger partial charge in [-0.25, -0.2) is 0 Å². The van der Waals surface area contributed by atoms with Crippen molar-refractivity contribution in [3.8, 4) is 0 Å². The number of nitrogens with zero attached hydrogens (tertiary/aromatic N) is 5. The Bertz CT molecular complexity index is 643. The predicted octanol–water partition coefficient (Wildman–Crippen LogP) is 1.90. The lowest BCUT2D eigenvalue weighted by Gasteiger charge is -2.20. The summed E-state index contributed by atoms with van der Waals surface area (Å²) in [4.78, 5) is 2.56. The summed E-state index contributed by atoms with van der Waals surface area (Å²) in [6, 6.07) is 0. The Morgan fingerprint density at radius 3 is 2.73 bits per heavy atom. The molecule has 22 heavy (non-hydrogen) atoms. The summed E-state index contributed by atoms with van der Waals surface area (Å²) < 4.78 is 1.83. The maximum absolute atomic E-state index is 4.68. The molecule has 0 saturated carbocycles. The van der Waals surface area contributed by atoms with Gasteiger partial charge in [0.2, 0.25) is 0 Å². The van der Waals surface area contributed by atoms with Crippen molar-refractivity contribution in [1.29, 1.82) is 0 Å². The van der Waals surface area contributed by atoms with Crippen LogP contribution in [0.25, 0.3) is 5.65 Å². The molecule has 1 saturated heterocycles. The van der Waals surface area contributed by atoms with Crippen molar-refractivity contribution in [2.75, 3.05) is 31.5 Å². The standard InChI is InChI=1S/C16H24N6/c1-2-7-14-13(6-1)15(20-22-12-18-19-16(14)22)17-8-5-11-21-9-3-4-10-21/h12H,1-11H2,(H,17,20). The van der Waals surface area contributed by atoms with Gasteiger partial charge in [-0.2, -0.15) is 4.52 Å². The minimum Gasteiger partial charge on any atom is -0.368 e. The fraction of sp³-hybridized carbons (Fsp3) is 0.688. The van der Waals surface area contributed by atoms with Crippen molar-refractivity contribution in [3.63, 3.8) is 0 Å². The summed E-state index contributed by atoms with van der Waals surface area (Å²) in [5.74, 6) is 1.04. The average molecular weight is 300 g/mol. The van der Waals surface area contributed by atoms with E-state index in [2.05, 4.69) is 25.5 Å². The van der Waals surface area contributed by atoms with Gasteiger partial charge in [-0.3, -0.25) is 0 Å². The Kier molecular flexibility index (Phi) is 3.93. The van der Waals surface area contributed by atoms with E-state index in [-0.39, 0.29) is 0 Å². The molecule has 6 heteroatoms. The molecule has 0 atom stereocenters. The molecular formula is C16H24N6. The number of fused-ring (bicyclic) bond motifs is 3. The minimum atomic E-state index is 0.942. The van der Waals surface area contributed by atoms with Crippen molar-refractivity contribution >= 4 is 11.5 Å². The fourth-order valence-electron chi connectivity index (χ4n) is 3.74. The van der Waals surface area contributed by atoms with Crippen molar-refractivity contribution in [3.05, 3.63) is 17.5 Å². The first-order valence-corrected chi connectivity index (χ1v) is 8.60. The molecule has 2 aromatic heterocycles. The second-order valence-electron chi connectivity index (χ2n) is 6.44. The predicted molar refractivity (Wildman–Crippen MR) is 86.2 cm³/mol.